The number of nitrogens with one attached hydrogen (secondary N) is 2. The van der Waals surface area contributed by atoms with E-state index in [1.54, 1.807) is 12.4 Å². The zero-order valence-corrected chi connectivity index (χ0v) is 14.7. The number of amides is 1. The lowest BCUT2D eigenvalue weighted by Crippen LogP contribution is -2.56. The summed E-state index contributed by atoms with van der Waals surface area (Å²) in [6, 6.07) is 3.99. The minimum Gasteiger partial charge on any atom is -0.381 e. The van der Waals surface area contributed by atoms with Crippen LogP contribution in [-0.4, -0.2) is 30.4 Å². The molecule has 1 fully saturated rings. The number of rotatable bonds is 2. The third-order valence-electron chi connectivity index (χ3n) is 4.83. The molecule has 124 valence electrons. The molecule has 1 aromatic heterocycles. The number of nitrogens with zero attached hydrogens (tertiary/aromatic N) is 2. The lowest BCUT2D eigenvalue weighted by Gasteiger charge is -2.41. The fraction of sp³-hybridized carbons (Fsp3) is 0.389. The topological polar surface area (TPSA) is 65.8 Å². The Balaban J connectivity index is 1.93. The highest BCUT2D eigenvalue weighted by Crippen LogP contribution is 2.47. The van der Waals surface area contributed by atoms with E-state index < -0.39 is 0 Å². The van der Waals surface area contributed by atoms with Crippen LogP contribution in [0.25, 0.3) is 10.1 Å². The van der Waals surface area contributed by atoms with E-state index in [2.05, 4.69) is 20.6 Å². The Morgan fingerprint density at radius 3 is 2.67 bits per heavy atom. The van der Waals surface area contributed by atoms with Gasteiger partial charge in [-0.15, -0.1) is 11.3 Å². The number of benzene rings is 1. The molecule has 2 aromatic rings. The molecule has 1 aliphatic heterocycles. The molecule has 0 bridgehead atoms. The first-order valence-electron chi connectivity index (χ1n) is 8.31. The monoisotopic (exact) mass is 340 g/mol. The van der Waals surface area contributed by atoms with Gasteiger partial charge in [-0.05, 0) is 45.2 Å². The zero-order valence-electron chi connectivity index (χ0n) is 13.8. The maximum absolute atomic E-state index is 12.8. The van der Waals surface area contributed by atoms with Gasteiger partial charge in [-0.2, -0.15) is 0 Å². The lowest BCUT2D eigenvalue weighted by atomic mass is 9.77. The second-order valence-corrected chi connectivity index (χ2v) is 7.38. The van der Waals surface area contributed by atoms with Crippen molar-refractivity contribution in [3.63, 3.8) is 0 Å². The smallest absolute Gasteiger partial charge is 0.264 e. The molecule has 1 spiro atoms. The van der Waals surface area contributed by atoms with Gasteiger partial charge in [-0.3, -0.25) is 14.8 Å². The van der Waals surface area contributed by atoms with Crippen LogP contribution in [-0.2, 0) is 0 Å². The average Bonchev–Trinajstić information content (AvgIpc) is 2.84. The first-order valence-corrected chi connectivity index (χ1v) is 9.12. The van der Waals surface area contributed by atoms with Crippen LogP contribution in [0.5, 0.6) is 0 Å². The number of anilines is 1. The van der Waals surface area contributed by atoms with Crippen LogP contribution < -0.4 is 10.6 Å². The summed E-state index contributed by atoms with van der Waals surface area (Å²) in [7, 11) is 0. The summed E-state index contributed by atoms with van der Waals surface area (Å²) in [5.74, 6) is 0.0304. The highest BCUT2D eigenvalue weighted by Gasteiger charge is 2.41. The van der Waals surface area contributed by atoms with E-state index in [-0.39, 0.29) is 11.4 Å². The minimum absolute atomic E-state index is 0.0304. The first-order chi connectivity index (χ1) is 11.7. The summed E-state index contributed by atoms with van der Waals surface area (Å²) in [5, 5.41) is 7.78. The van der Waals surface area contributed by atoms with Crippen LogP contribution in [0.2, 0.25) is 0 Å². The summed E-state index contributed by atoms with van der Waals surface area (Å²) < 4.78 is 1.06. The number of aliphatic imine (C=N–C) groups is 2. The number of carbonyl (C=O) groups is 1. The molecular weight excluding hydrogens is 320 g/mol. The summed E-state index contributed by atoms with van der Waals surface area (Å²) in [4.78, 5) is 22.5. The molecule has 24 heavy (non-hydrogen) atoms. The fourth-order valence-corrected chi connectivity index (χ4v) is 4.58. The first kappa shape index (κ1) is 15.3. The summed E-state index contributed by atoms with van der Waals surface area (Å²) >= 11 is 1.52. The van der Waals surface area contributed by atoms with E-state index in [1.165, 1.54) is 17.8 Å². The third-order valence-corrected chi connectivity index (χ3v) is 5.99. The fourth-order valence-electron chi connectivity index (χ4n) is 3.50. The van der Waals surface area contributed by atoms with Crippen molar-refractivity contribution in [2.45, 2.75) is 38.6 Å². The van der Waals surface area contributed by atoms with Crippen molar-refractivity contribution in [2.24, 2.45) is 9.98 Å². The van der Waals surface area contributed by atoms with Crippen LogP contribution in [0.1, 0.15) is 42.8 Å². The van der Waals surface area contributed by atoms with Crippen LogP contribution in [0.4, 0.5) is 17.1 Å². The number of carbonyl (C=O) groups excluding carboxylic acids is 1. The molecule has 5 nitrogen and oxygen atoms in total. The minimum atomic E-state index is -0.0739. The largest absolute Gasteiger partial charge is 0.381 e. The van der Waals surface area contributed by atoms with Gasteiger partial charge in [0.1, 0.15) is 4.88 Å². The van der Waals surface area contributed by atoms with E-state index in [4.69, 9.17) is 0 Å². The van der Waals surface area contributed by atoms with E-state index in [9.17, 15) is 4.79 Å². The average molecular weight is 340 g/mol. The van der Waals surface area contributed by atoms with Gasteiger partial charge >= 0.3 is 0 Å². The second kappa shape index (κ2) is 5.70. The number of thiophene rings is 1. The molecule has 6 heteroatoms. The molecule has 2 aliphatic rings. The molecule has 0 radical (unpaired) electrons. The predicted molar refractivity (Wildman–Crippen MR) is 102 cm³/mol. The SMILES string of the molecule is CC=Nc1ccc2sc3c(c2c1N=CC)NCC1(CCC1)NC3=O. The van der Waals surface area contributed by atoms with E-state index in [0.717, 1.165) is 51.4 Å². The summed E-state index contributed by atoms with van der Waals surface area (Å²) in [6.45, 7) is 4.56. The quantitative estimate of drug-likeness (QED) is 0.795. The maximum Gasteiger partial charge on any atom is 0.264 e. The molecule has 2 heterocycles. The Hall–Kier alpha value is -2.21. The number of hydrogen-bond acceptors (Lipinski definition) is 5. The van der Waals surface area contributed by atoms with Gasteiger partial charge < -0.3 is 10.6 Å². The number of fused-ring (bicyclic) bond motifs is 3. The van der Waals surface area contributed by atoms with E-state index >= 15 is 0 Å². The van der Waals surface area contributed by atoms with Crippen molar-refractivity contribution in [3.8, 4) is 0 Å². The highest BCUT2D eigenvalue weighted by molar-refractivity contribution is 7.21. The normalized spacial score (nSPS) is 19.3. The van der Waals surface area contributed by atoms with Gasteiger partial charge in [0.2, 0.25) is 0 Å². The zero-order chi connectivity index (χ0) is 16.7. The highest BCUT2D eigenvalue weighted by atomic mass is 32.1. The predicted octanol–water partition coefficient (Wildman–Crippen LogP) is 4.42. The molecule has 1 amide bonds. The standard InChI is InChI=1S/C18H20N4OS/c1-3-19-11-6-7-12-13(14(11)20-4-2)15-16(24-12)17(23)22-18(10-21-15)8-5-9-18/h3-4,6-7,21H,5,8-10H2,1-2H3,(H,22,23). The molecule has 0 atom stereocenters. The van der Waals surface area contributed by atoms with Crippen molar-refractivity contribution in [1.29, 1.82) is 0 Å². The molecule has 1 aliphatic carbocycles. The van der Waals surface area contributed by atoms with Crippen LogP contribution in [0.3, 0.4) is 0 Å². The molecule has 0 unspecified atom stereocenters. The lowest BCUT2D eigenvalue weighted by molar-refractivity contribution is 0.0855. The van der Waals surface area contributed by atoms with Crippen LogP contribution >= 0.6 is 11.3 Å². The van der Waals surface area contributed by atoms with Crippen LogP contribution in [0.15, 0.2) is 22.1 Å². The van der Waals surface area contributed by atoms with Crippen molar-refractivity contribution in [1.82, 2.24) is 5.32 Å². The molecular formula is C18H20N4OS. The van der Waals surface area contributed by atoms with Crippen molar-refractivity contribution < 1.29 is 4.79 Å². The molecule has 4 rings (SSSR count). The van der Waals surface area contributed by atoms with E-state index in [1.807, 2.05) is 26.0 Å². The Kier molecular flexibility index (Phi) is 3.64. The van der Waals surface area contributed by atoms with Crippen molar-refractivity contribution in [2.75, 3.05) is 11.9 Å². The van der Waals surface area contributed by atoms with E-state index in [0.29, 0.717) is 0 Å². The number of hydrogen-bond donors (Lipinski definition) is 2. The maximum atomic E-state index is 12.8. The second-order valence-electron chi connectivity index (χ2n) is 6.33. The molecule has 0 saturated heterocycles. The Labute approximate surface area is 144 Å². The van der Waals surface area contributed by atoms with Gasteiger partial charge in [-0.1, -0.05) is 0 Å². The van der Waals surface area contributed by atoms with Gasteiger partial charge in [0.05, 0.1) is 22.6 Å². The summed E-state index contributed by atoms with van der Waals surface area (Å²) in [6.07, 6.45) is 6.81. The third kappa shape index (κ3) is 2.24. The Morgan fingerprint density at radius 1 is 1.21 bits per heavy atom. The molecule has 1 aromatic carbocycles. The Bertz CT molecular complexity index is 877. The van der Waals surface area contributed by atoms with Gasteiger partial charge in [0.25, 0.3) is 5.91 Å². The molecule has 2 N–H and O–H groups in total. The van der Waals surface area contributed by atoms with Gasteiger partial charge in [0, 0.05) is 29.1 Å². The Morgan fingerprint density at radius 2 is 2.00 bits per heavy atom. The summed E-state index contributed by atoms with van der Waals surface area (Å²) in [5.41, 5.74) is 2.49. The van der Waals surface area contributed by atoms with Gasteiger partial charge in [-0.25, -0.2) is 0 Å². The van der Waals surface area contributed by atoms with Gasteiger partial charge in [0.15, 0.2) is 0 Å². The molecule has 1 saturated carbocycles. The van der Waals surface area contributed by atoms with Crippen molar-refractivity contribution >= 4 is 56.8 Å². The van der Waals surface area contributed by atoms with Crippen LogP contribution in [0, 0.1) is 0 Å². The van der Waals surface area contributed by atoms with Crippen molar-refractivity contribution in [3.05, 3.63) is 17.0 Å².